The second-order valence-corrected chi connectivity index (χ2v) is 8.40. The lowest BCUT2D eigenvalue weighted by atomic mass is 10.1. The van der Waals surface area contributed by atoms with Crippen molar-refractivity contribution >= 4 is 15.9 Å². The topological polar surface area (TPSA) is 84.5 Å². The van der Waals surface area contributed by atoms with Crippen molar-refractivity contribution in [3.05, 3.63) is 59.7 Å². The van der Waals surface area contributed by atoms with Crippen LogP contribution in [0.25, 0.3) is 0 Å². The van der Waals surface area contributed by atoms with Crippen LogP contribution in [0.3, 0.4) is 0 Å². The van der Waals surface area contributed by atoms with Gasteiger partial charge in [0.2, 0.25) is 10.0 Å². The van der Waals surface area contributed by atoms with E-state index in [0.29, 0.717) is 6.42 Å². The number of amides is 1. The van der Waals surface area contributed by atoms with Crippen molar-refractivity contribution in [1.29, 1.82) is 0 Å². The van der Waals surface area contributed by atoms with E-state index in [0.717, 1.165) is 18.4 Å². The zero-order valence-corrected chi connectivity index (χ0v) is 17.4. The first-order chi connectivity index (χ1) is 13.4. The number of methoxy groups -OCH3 is 1. The lowest BCUT2D eigenvalue weighted by molar-refractivity contribution is 0.0938. The average molecular weight is 405 g/mol. The first kappa shape index (κ1) is 21.9. The Bertz CT molecular complexity index is 883. The summed E-state index contributed by atoms with van der Waals surface area (Å²) >= 11 is 0. The Hall–Kier alpha value is -2.38. The van der Waals surface area contributed by atoms with Crippen LogP contribution in [-0.2, 0) is 16.4 Å². The number of rotatable bonds is 10. The second-order valence-electron chi connectivity index (χ2n) is 6.66. The molecule has 0 saturated heterocycles. The molecule has 0 radical (unpaired) electrons. The molecule has 28 heavy (non-hydrogen) atoms. The van der Waals surface area contributed by atoms with Gasteiger partial charge < -0.3 is 10.1 Å². The third-order valence-corrected chi connectivity index (χ3v) is 5.85. The van der Waals surface area contributed by atoms with Gasteiger partial charge in [0.1, 0.15) is 10.6 Å². The lowest BCUT2D eigenvalue weighted by Crippen LogP contribution is -2.32. The number of carbonyl (C=O) groups is 1. The fraction of sp³-hybridized carbons (Fsp3) is 0.381. The molecule has 152 valence electrons. The first-order valence-electron chi connectivity index (χ1n) is 9.40. The van der Waals surface area contributed by atoms with Crippen LogP contribution in [0.15, 0.2) is 53.4 Å². The number of nitrogens with one attached hydrogen (secondary N) is 2. The summed E-state index contributed by atoms with van der Waals surface area (Å²) in [7, 11) is -2.42. The zero-order valence-electron chi connectivity index (χ0n) is 16.6. The van der Waals surface area contributed by atoms with Gasteiger partial charge in [0.15, 0.2) is 0 Å². The van der Waals surface area contributed by atoms with Crippen LogP contribution in [0, 0.1) is 0 Å². The molecule has 1 atom stereocenters. The van der Waals surface area contributed by atoms with E-state index in [9.17, 15) is 13.2 Å². The summed E-state index contributed by atoms with van der Waals surface area (Å²) in [6.07, 6.45) is 2.38. The van der Waals surface area contributed by atoms with Gasteiger partial charge in [-0.05, 0) is 43.5 Å². The third kappa shape index (κ3) is 6.07. The quantitative estimate of drug-likeness (QED) is 0.637. The molecule has 0 spiro atoms. The molecule has 7 heteroatoms. The van der Waals surface area contributed by atoms with Gasteiger partial charge in [-0.15, -0.1) is 0 Å². The number of sulfonamides is 1. The van der Waals surface area contributed by atoms with E-state index in [1.165, 1.54) is 19.2 Å². The normalized spacial score (nSPS) is 12.4. The molecule has 0 aliphatic rings. The minimum atomic E-state index is -3.82. The number of benzene rings is 2. The van der Waals surface area contributed by atoms with Gasteiger partial charge in [-0.3, -0.25) is 4.79 Å². The van der Waals surface area contributed by atoms with Crippen LogP contribution >= 0.6 is 0 Å². The van der Waals surface area contributed by atoms with Crippen molar-refractivity contribution in [3.8, 4) is 5.75 Å². The van der Waals surface area contributed by atoms with Gasteiger partial charge in [-0.25, -0.2) is 13.1 Å². The van der Waals surface area contributed by atoms with Gasteiger partial charge in [-0.1, -0.05) is 43.7 Å². The summed E-state index contributed by atoms with van der Waals surface area (Å²) in [6.45, 7) is 4.22. The molecule has 2 aromatic rings. The van der Waals surface area contributed by atoms with Crippen molar-refractivity contribution in [3.63, 3.8) is 0 Å². The lowest BCUT2D eigenvalue weighted by Gasteiger charge is -2.15. The first-order valence-corrected chi connectivity index (χ1v) is 10.9. The third-order valence-electron chi connectivity index (χ3n) is 4.36. The van der Waals surface area contributed by atoms with E-state index in [4.69, 9.17) is 4.74 Å². The largest absolute Gasteiger partial charge is 0.495 e. The highest BCUT2D eigenvalue weighted by Gasteiger charge is 2.22. The van der Waals surface area contributed by atoms with Gasteiger partial charge in [-0.2, -0.15) is 0 Å². The molecular weight excluding hydrogens is 376 g/mol. The molecule has 0 aliphatic heterocycles. The molecule has 2 aromatic carbocycles. The van der Waals surface area contributed by atoms with Crippen LogP contribution in [0.2, 0.25) is 0 Å². The summed E-state index contributed by atoms with van der Waals surface area (Å²) in [5, 5.41) is 2.88. The molecular formula is C21H28N2O4S. The zero-order chi connectivity index (χ0) is 20.6. The molecule has 0 fully saturated rings. The maximum absolute atomic E-state index is 12.8. The summed E-state index contributed by atoms with van der Waals surface area (Å²) in [5.74, 6) is -0.102. The smallest absolute Gasteiger partial charge is 0.251 e. The number of hydrogen-bond donors (Lipinski definition) is 2. The highest BCUT2D eigenvalue weighted by atomic mass is 32.2. The molecule has 0 unspecified atom stereocenters. The molecule has 0 bridgehead atoms. The number of hydrogen-bond acceptors (Lipinski definition) is 4. The van der Waals surface area contributed by atoms with E-state index in [-0.39, 0.29) is 34.7 Å². The van der Waals surface area contributed by atoms with E-state index < -0.39 is 10.0 Å². The molecule has 1 amide bonds. The standard InChI is InChI=1S/C21H28N2O4S/c1-4-8-16(2)23-21(24)18-11-12-19(27-3)20(15-18)28(25,26)22-14-13-17-9-6-5-7-10-17/h5-7,9-12,15-16,22H,4,8,13-14H2,1-3H3,(H,23,24)/t16-/m1/s1. The van der Waals surface area contributed by atoms with Crippen LogP contribution in [-0.4, -0.2) is 34.0 Å². The summed E-state index contributed by atoms with van der Waals surface area (Å²) in [4.78, 5) is 12.4. The van der Waals surface area contributed by atoms with Crippen LogP contribution < -0.4 is 14.8 Å². The van der Waals surface area contributed by atoms with Gasteiger partial charge in [0.25, 0.3) is 5.91 Å². The Morgan fingerprint density at radius 1 is 1.14 bits per heavy atom. The van der Waals surface area contributed by atoms with Crippen LogP contribution in [0.5, 0.6) is 5.75 Å². The summed E-state index contributed by atoms with van der Waals surface area (Å²) in [6, 6.07) is 14.1. The highest BCUT2D eigenvalue weighted by Crippen LogP contribution is 2.25. The van der Waals surface area contributed by atoms with Crippen molar-refractivity contribution in [2.75, 3.05) is 13.7 Å². The van der Waals surface area contributed by atoms with E-state index in [2.05, 4.69) is 10.0 Å². The SMILES string of the molecule is CCC[C@@H](C)NC(=O)c1ccc(OC)c(S(=O)(=O)NCCc2ccccc2)c1. The number of carbonyl (C=O) groups excluding carboxylic acids is 1. The fourth-order valence-corrected chi connectivity index (χ4v) is 4.12. The predicted octanol–water partition coefficient (Wildman–Crippen LogP) is 3.13. The van der Waals surface area contributed by atoms with Crippen LogP contribution in [0.1, 0.15) is 42.6 Å². The fourth-order valence-electron chi connectivity index (χ4n) is 2.89. The van der Waals surface area contributed by atoms with Crippen molar-refractivity contribution in [2.24, 2.45) is 0 Å². The van der Waals surface area contributed by atoms with E-state index in [1.54, 1.807) is 6.07 Å². The predicted molar refractivity (Wildman–Crippen MR) is 110 cm³/mol. The van der Waals surface area contributed by atoms with E-state index in [1.807, 2.05) is 44.2 Å². The monoisotopic (exact) mass is 404 g/mol. The second kappa shape index (κ2) is 10.2. The summed E-state index contributed by atoms with van der Waals surface area (Å²) < 4.78 is 33.3. The molecule has 2 rings (SSSR count). The van der Waals surface area contributed by atoms with E-state index >= 15 is 0 Å². The van der Waals surface area contributed by atoms with Gasteiger partial charge in [0, 0.05) is 18.2 Å². The molecule has 0 heterocycles. The van der Waals surface area contributed by atoms with Crippen molar-refractivity contribution in [2.45, 2.75) is 44.0 Å². The maximum Gasteiger partial charge on any atom is 0.251 e. The number of ether oxygens (including phenoxy) is 1. The minimum absolute atomic E-state index is 0.0173. The van der Waals surface area contributed by atoms with Gasteiger partial charge in [0.05, 0.1) is 7.11 Å². The summed E-state index contributed by atoms with van der Waals surface area (Å²) in [5.41, 5.74) is 1.32. The van der Waals surface area contributed by atoms with Crippen molar-refractivity contribution in [1.82, 2.24) is 10.0 Å². The molecule has 0 saturated carbocycles. The Labute approximate surface area is 167 Å². The molecule has 0 aromatic heterocycles. The average Bonchev–Trinajstić information content (AvgIpc) is 2.68. The highest BCUT2D eigenvalue weighted by molar-refractivity contribution is 7.89. The Kier molecular flexibility index (Phi) is 8.02. The Balaban J connectivity index is 2.15. The Morgan fingerprint density at radius 2 is 1.86 bits per heavy atom. The molecule has 0 aliphatic carbocycles. The molecule has 6 nitrogen and oxygen atoms in total. The maximum atomic E-state index is 12.8. The van der Waals surface area contributed by atoms with Crippen molar-refractivity contribution < 1.29 is 17.9 Å². The molecule has 2 N–H and O–H groups in total. The minimum Gasteiger partial charge on any atom is -0.495 e. The van der Waals surface area contributed by atoms with Gasteiger partial charge >= 0.3 is 0 Å². The van der Waals surface area contributed by atoms with Crippen LogP contribution in [0.4, 0.5) is 0 Å². The Morgan fingerprint density at radius 3 is 2.50 bits per heavy atom.